The Kier molecular flexibility index (Phi) is 3.42. The molecule has 0 spiro atoms. The third-order valence-corrected chi connectivity index (χ3v) is 4.01. The molecule has 0 fully saturated rings. The predicted octanol–water partition coefficient (Wildman–Crippen LogP) is 4.00. The molecule has 16 heavy (non-hydrogen) atoms. The second kappa shape index (κ2) is 4.81. The van der Waals surface area contributed by atoms with Gasteiger partial charge in [-0.15, -0.1) is 11.3 Å². The van der Waals surface area contributed by atoms with Crippen LogP contribution in [0.25, 0.3) is 10.4 Å². The summed E-state index contributed by atoms with van der Waals surface area (Å²) in [6.07, 6.45) is 0. The number of rotatable bonds is 3. The lowest BCUT2D eigenvalue weighted by Crippen LogP contribution is -2.12. The van der Waals surface area contributed by atoms with Gasteiger partial charge in [-0.25, -0.2) is 0 Å². The van der Waals surface area contributed by atoms with E-state index in [1.54, 1.807) is 0 Å². The van der Waals surface area contributed by atoms with Crippen molar-refractivity contribution in [2.75, 3.05) is 7.05 Å². The van der Waals surface area contributed by atoms with Gasteiger partial charge in [0.1, 0.15) is 0 Å². The van der Waals surface area contributed by atoms with Gasteiger partial charge in [0.25, 0.3) is 0 Å². The molecule has 0 aliphatic carbocycles. The van der Waals surface area contributed by atoms with Crippen molar-refractivity contribution in [3.8, 4) is 10.4 Å². The molecule has 0 saturated heterocycles. The van der Waals surface area contributed by atoms with Gasteiger partial charge in [-0.2, -0.15) is 0 Å². The van der Waals surface area contributed by atoms with Crippen LogP contribution >= 0.6 is 11.3 Å². The molecule has 1 aromatic carbocycles. The smallest absolute Gasteiger partial charge is 0.0371 e. The molecule has 2 rings (SSSR count). The van der Waals surface area contributed by atoms with Crippen LogP contribution < -0.4 is 5.32 Å². The lowest BCUT2D eigenvalue weighted by molar-refractivity contribution is 0.652. The highest BCUT2D eigenvalue weighted by Gasteiger charge is 2.06. The first-order valence-corrected chi connectivity index (χ1v) is 6.42. The summed E-state index contributed by atoms with van der Waals surface area (Å²) in [7, 11) is 1.99. The summed E-state index contributed by atoms with van der Waals surface area (Å²) >= 11 is 1.81. The molecule has 0 aliphatic rings. The summed E-state index contributed by atoms with van der Waals surface area (Å²) < 4.78 is 0. The third-order valence-electron chi connectivity index (χ3n) is 2.94. The van der Waals surface area contributed by atoms with Crippen molar-refractivity contribution in [3.05, 3.63) is 46.8 Å². The van der Waals surface area contributed by atoms with Crippen LogP contribution in [0.3, 0.4) is 0 Å². The van der Waals surface area contributed by atoms with Crippen LogP contribution in [0.2, 0.25) is 0 Å². The van der Waals surface area contributed by atoms with E-state index >= 15 is 0 Å². The number of hydrogen-bond acceptors (Lipinski definition) is 2. The first-order chi connectivity index (χ1) is 7.72. The summed E-state index contributed by atoms with van der Waals surface area (Å²) in [6, 6.07) is 11.4. The van der Waals surface area contributed by atoms with E-state index in [0.717, 1.165) is 0 Å². The van der Waals surface area contributed by atoms with E-state index in [1.165, 1.54) is 21.6 Å². The predicted molar refractivity (Wildman–Crippen MR) is 72.0 cm³/mol. The number of benzene rings is 1. The van der Waals surface area contributed by atoms with E-state index in [4.69, 9.17) is 0 Å². The minimum atomic E-state index is 0.403. The summed E-state index contributed by atoms with van der Waals surface area (Å²) in [5.41, 5.74) is 4.03. The normalized spacial score (nSPS) is 12.7. The Morgan fingerprint density at radius 2 is 2.06 bits per heavy atom. The highest BCUT2D eigenvalue weighted by atomic mass is 32.1. The highest BCUT2D eigenvalue weighted by Crippen LogP contribution is 2.30. The van der Waals surface area contributed by atoms with E-state index in [2.05, 4.69) is 54.9 Å². The Morgan fingerprint density at radius 3 is 2.69 bits per heavy atom. The van der Waals surface area contributed by atoms with Crippen LogP contribution in [0.15, 0.2) is 35.7 Å². The van der Waals surface area contributed by atoms with E-state index < -0.39 is 0 Å². The maximum atomic E-state index is 3.27. The van der Waals surface area contributed by atoms with E-state index in [0.29, 0.717) is 6.04 Å². The van der Waals surface area contributed by atoms with Gasteiger partial charge in [0.15, 0.2) is 0 Å². The molecule has 1 N–H and O–H groups in total. The average Bonchev–Trinajstić information content (AvgIpc) is 2.74. The summed E-state index contributed by atoms with van der Waals surface area (Å²) in [4.78, 5) is 1.38. The number of hydrogen-bond donors (Lipinski definition) is 1. The van der Waals surface area contributed by atoms with Gasteiger partial charge in [0, 0.05) is 10.9 Å². The van der Waals surface area contributed by atoms with Crippen molar-refractivity contribution < 1.29 is 0 Å². The van der Waals surface area contributed by atoms with Gasteiger partial charge >= 0.3 is 0 Å². The van der Waals surface area contributed by atoms with Gasteiger partial charge < -0.3 is 5.32 Å². The number of thiophene rings is 1. The zero-order valence-electron chi connectivity index (χ0n) is 9.95. The number of aryl methyl sites for hydroxylation is 1. The van der Waals surface area contributed by atoms with E-state index in [1.807, 2.05) is 18.4 Å². The Balaban J connectivity index is 2.40. The number of nitrogens with one attached hydrogen (secondary N) is 1. The SMILES string of the molecule is CNC(C)c1cccc(-c2sccc2C)c1. The minimum absolute atomic E-state index is 0.403. The van der Waals surface area contributed by atoms with Crippen LogP contribution in [0.4, 0.5) is 0 Å². The van der Waals surface area contributed by atoms with Crippen LogP contribution in [0, 0.1) is 6.92 Å². The molecule has 1 aromatic heterocycles. The zero-order chi connectivity index (χ0) is 11.5. The topological polar surface area (TPSA) is 12.0 Å². The zero-order valence-corrected chi connectivity index (χ0v) is 10.8. The standard InChI is InChI=1S/C14H17NS/c1-10-7-8-16-14(10)13-6-4-5-12(9-13)11(2)15-3/h4-9,11,15H,1-3H3. The van der Waals surface area contributed by atoms with Crippen molar-refractivity contribution in [1.82, 2.24) is 5.32 Å². The lowest BCUT2D eigenvalue weighted by Gasteiger charge is -2.11. The molecule has 2 heteroatoms. The van der Waals surface area contributed by atoms with Gasteiger partial charge in [-0.3, -0.25) is 0 Å². The molecule has 1 atom stereocenters. The fourth-order valence-electron chi connectivity index (χ4n) is 1.78. The second-order valence-electron chi connectivity index (χ2n) is 4.07. The summed E-state index contributed by atoms with van der Waals surface area (Å²) in [6.45, 7) is 4.35. The van der Waals surface area contributed by atoms with Gasteiger partial charge in [-0.05, 0) is 55.1 Å². The first kappa shape index (κ1) is 11.4. The Morgan fingerprint density at radius 1 is 1.25 bits per heavy atom. The lowest BCUT2D eigenvalue weighted by atomic mass is 10.0. The van der Waals surface area contributed by atoms with Gasteiger partial charge in [0.05, 0.1) is 0 Å². The molecule has 0 aliphatic heterocycles. The third kappa shape index (κ3) is 2.18. The monoisotopic (exact) mass is 231 g/mol. The molecule has 0 bridgehead atoms. The minimum Gasteiger partial charge on any atom is -0.313 e. The quantitative estimate of drug-likeness (QED) is 0.841. The molecule has 0 radical (unpaired) electrons. The molecule has 2 aromatic rings. The average molecular weight is 231 g/mol. The first-order valence-electron chi connectivity index (χ1n) is 5.54. The van der Waals surface area contributed by atoms with Crippen molar-refractivity contribution in [2.24, 2.45) is 0 Å². The molecule has 0 saturated carbocycles. The summed E-state index contributed by atoms with van der Waals surface area (Å²) in [5.74, 6) is 0. The Hall–Kier alpha value is -1.12. The van der Waals surface area contributed by atoms with Crippen molar-refractivity contribution in [2.45, 2.75) is 19.9 Å². The van der Waals surface area contributed by atoms with Crippen molar-refractivity contribution >= 4 is 11.3 Å². The van der Waals surface area contributed by atoms with E-state index in [9.17, 15) is 0 Å². The Bertz CT molecular complexity index is 473. The second-order valence-corrected chi connectivity index (χ2v) is 4.98. The van der Waals surface area contributed by atoms with Gasteiger partial charge in [0.2, 0.25) is 0 Å². The highest BCUT2D eigenvalue weighted by molar-refractivity contribution is 7.13. The molecule has 1 heterocycles. The molecular formula is C14H17NS. The molecular weight excluding hydrogens is 214 g/mol. The van der Waals surface area contributed by atoms with Crippen LogP contribution in [-0.4, -0.2) is 7.05 Å². The fourth-order valence-corrected chi connectivity index (χ4v) is 2.71. The van der Waals surface area contributed by atoms with E-state index in [-0.39, 0.29) is 0 Å². The van der Waals surface area contributed by atoms with Gasteiger partial charge in [-0.1, -0.05) is 18.2 Å². The maximum absolute atomic E-state index is 3.27. The van der Waals surface area contributed by atoms with Crippen LogP contribution in [-0.2, 0) is 0 Å². The van der Waals surface area contributed by atoms with Crippen molar-refractivity contribution in [1.29, 1.82) is 0 Å². The molecule has 84 valence electrons. The maximum Gasteiger partial charge on any atom is 0.0371 e. The summed E-state index contributed by atoms with van der Waals surface area (Å²) in [5, 5.41) is 5.42. The fraction of sp³-hybridized carbons (Fsp3) is 0.286. The van der Waals surface area contributed by atoms with Crippen molar-refractivity contribution in [3.63, 3.8) is 0 Å². The molecule has 1 unspecified atom stereocenters. The molecule has 0 amide bonds. The van der Waals surface area contributed by atoms with Crippen LogP contribution in [0.5, 0.6) is 0 Å². The molecule has 1 nitrogen and oxygen atoms in total. The van der Waals surface area contributed by atoms with Crippen LogP contribution in [0.1, 0.15) is 24.1 Å². The Labute approximate surface area is 101 Å². The largest absolute Gasteiger partial charge is 0.313 e.